The van der Waals surface area contributed by atoms with Gasteiger partial charge < -0.3 is 0 Å². The Kier molecular flexibility index (Phi) is 2.81. The molecule has 0 N–H and O–H groups in total. The Morgan fingerprint density at radius 2 is 2.31 bits per heavy atom. The minimum atomic E-state index is 0.0247. The molecular formula is C12H13N3O. The Bertz CT molecular complexity index is 516. The summed E-state index contributed by atoms with van der Waals surface area (Å²) in [7, 11) is 1.83. The van der Waals surface area contributed by atoms with Crippen LogP contribution in [0.1, 0.15) is 21.6 Å². The highest BCUT2D eigenvalue weighted by Gasteiger charge is 2.09. The van der Waals surface area contributed by atoms with Crippen molar-refractivity contribution in [2.75, 3.05) is 0 Å². The topological polar surface area (TPSA) is 47.8 Å². The van der Waals surface area contributed by atoms with Crippen molar-refractivity contribution >= 4 is 5.78 Å². The third-order valence-corrected chi connectivity index (χ3v) is 2.32. The smallest absolute Gasteiger partial charge is 0.185 e. The normalized spacial score (nSPS) is 10.4. The number of aryl methyl sites for hydroxylation is 2. The van der Waals surface area contributed by atoms with E-state index >= 15 is 0 Å². The lowest BCUT2D eigenvalue weighted by atomic mass is 10.1. The summed E-state index contributed by atoms with van der Waals surface area (Å²) in [5.41, 5.74) is 2.48. The quantitative estimate of drug-likeness (QED) is 0.730. The molecule has 0 aliphatic rings. The van der Waals surface area contributed by atoms with Crippen LogP contribution in [0.5, 0.6) is 0 Å². The standard InChI is InChI=1S/C12H13N3O/c1-9-3-4-13-11(5-9)12(16)6-10-7-14-15(2)8-10/h3-5,7-8H,6H2,1-2H3. The number of aromatic nitrogens is 3. The second-order valence-corrected chi connectivity index (χ2v) is 3.84. The van der Waals surface area contributed by atoms with E-state index in [4.69, 9.17) is 0 Å². The van der Waals surface area contributed by atoms with Gasteiger partial charge in [0.05, 0.1) is 6.20 Å². The number of Topliss-reactive ketones (excluding diaryl/α,β-unsaturated/α-hetero) is 1. The molecule has 0 saturated heterocycles. The highest BCUT2D eigenvalue weighted by Crippen LogP contribution is 2.06. The van der Waals surface area contributed by atoms with E-state index in [1.54, 1.807) is 23.1 Å². The Labute approximate surface area is 93.9 Å². The van der Waals surface area contributed by atoms with Crippen LogP contribution >= 0.6 is 0 Å². The molecule has 0 amide bonds. The Hall–Kier alpha value is -1.97. The predicted molar refractivity (Wildman–Crippen MR) is 60.2 cm³/mol. The zero-order valence-corrected chi connectivity index (χ0v) is 9.34. The molecule has 0 unspecified atom stereocenters. The number of carbonyl (C=O) groups is 1. The molecule has 0 spiro atoms. The van der Waals surface area contributed by atoms with E-state index in [9.17, 15) is 4.79 Å². The first kappa shape index (κ1) is 10.5. The van der Waals surface area contributed by atoms with Gasteiger partial charge in [-0.2, -0.15) is 5.10 Å². The van der Waals surface area contributed by atoms with Crippen LogP contribution in [0.4, 0.5) is 0 Å². The monoisotopic (exact) mass is 215 g/mol. The van der Waals surface area contributed by atoms with Crippen molar-refractivity contribution in [2.45, 2.75) is 13.3 Å². The molecule has 0 aromatic carbocycles. The van der Waals surface area contributed by atoms with Gasteiger partial charge in [-0.05, 0) is 30.2 Å². The average Bonchev–Trinajstić information content (AvgIpc) is 2.64. The van der Waals surface area contributed by atoms with E-state index in [-0.39, 0.29) is 5.78 Å². The fraction of sp³-hybridized carbons (Fsp3) is 0.250. The lowest BCUT2D eigenvalue weighted by Crippen LogP contribution is -2.05. The Morgan fingerprint density at radius 1 is 1.50 bits per heavy atom. The number of hydrogen-bond acceptors (Lipinski definition) is 3. The summed E-state index contributed by atoms with van der Waals surface area (Å²) in [6.07, 6.45) is 5.55. The van der Waals surface area contributed by atoms with E-state index < -0.39 is 0 Å². The molecule has 0 aliphatic carbocycles. The lowest BCUT2D eigenvalue weighted by molar-refractivity contribution is 0.0988. The zero-order valence-electron chi connectivity index (χ0n) is 9.34. The van der Waals surface area contributed by atoms with Gasteiger partial charge in [0.25, 0.3) is 0 Å². The highest BCUT2D eigenvalue weighted by atomic mass is 16.1. The summed E-state index contributed by atoms with van der Waals surface area (Å²) in [5, 5.41) is 4.02. The van der Waals surface area contributed by atoms with Crippen molar-refractivity contribution < 1.29 is 4.79 Å². The maximum atomic E-state index is 11.9. The Balaban J connectivity index is 2.14. The molecule has 0 atom stereocenters. The fourth-order valence-corrected chi connectivity index (χ4v) is 1.53. The number of hydrogen-bond donors (Lipinski definition) is 0. The van der Waals surface area contributed by atoms with Crippen molar-refractivity contribution in [3.63, 3.8) is 0 Å². The number of nitrogens with zero attached hydrogens (tertiary/aromatic N) is 3. The molecular weight excluding hydrogens is 202 g/mol. The number of rotatable bonds is 3. The summed E-state index contributed by atoms with van der Waals surface area (Å²) in [6.45, 7) is 1.95. The lowest BCUT2D eigenvalue weighted by Gasteiger charge is -1.99. The van der Waals surface area contributed by atoms with Gasteiger partial charge in [0, 0.05) is 25.9 Å². The number of ketones is 1. The van der Waals surface area contributed by atoms with E-state index in [1.165, 1.54) is 0 Å². The average molecular weight is 215 g/mol. The molecule has 0 radical (unpaired) electrons. The van der Waals surface area contributed by atoms with Crippen LogP contribution in [0.15, 0.2) is 30.7 Å². The van der Waals surface area contributed by atoms with Gasteiger partial charge in [0.15, 0.2) is 5.78 Å². The predicted octanol–water partition coefficient (Wildman–Crippen LogP) is 1.55. The first-order valence-electron chi connectivity index (χ1n) is 5.08. The van der Waals surface area contributed by atoms with Crippen LogP contribution in [-0.4, -0.2) is 20.5 Å². The second-order valence-electron chi connectivity index (χ2n) is 3.84. The molecule has 2 heterocycles. The van der Waals surface area contributed by atoms with E-state index in [0.29, 0.717) is 12.1 Å². The van der Waals surface area contributed by atoms with Gasteiger partial charge in [-0.1, -0.05) is 0 Å². The van der Waals surface area contributed by atoms with Gasteiger partial charge in [0.1, 0.15) is 5.69 Å². The molecule has 2 aromatic heterocycles. The van der Waals surface area contributed by atoms with Gasteiger partial charge in [0.2, 0.25) is 0 Å². The molecule has 2 rings (SSSR count). The molecule has 0 fully saturated rings. The molecule has 0 saturated carbocycles. The molecule has 0 bridgehead atoms. The third kappa shape index (κ3) is 2.34. The zero-order chi connectivity index (χ0) is 11.5. The van der Waals surface area contributed by atoms with Crippen LogP contribution in [0.2, 0.25) is 0 Å². The summed E-state index contributed by atoms with van der Waals surface area (Å²) in [6, 6.07) is 3.68. The van der Waals surface area contributed by atoms with Crippen molar-refractivity contribution in [1.82, 2.24) is 14.8 Å². The molecule has 0 aliphatic heterocycles. The van der Waals surface area contributed by atoms with Crippen molar-refractivity contribution in [2.24, 2.45) is 7.05 Å². The minimum absolute atomic E-state index is 0.0247. The van der Waals surface area contributed by atoms with Crippen molar-refractivity contribution in [3.05, 3.63) is 47.5 Å². The minimum Gasteiger partial charge on any atom is -0.292 e. The number of carbonyl (C=O) groups excluding carboxylic acids is 1. The summed E-state index contributed by atoms with van der Waals surface area (Å²) >= 11 is 0. The maximum Gasteiger partial charge on any atom is 0.185 e. The first-order chi connectivity index (χ1) is 7.65. The van der Waals surface area contributed by atoms with Gasteiger partial charge in [-0.3, -0.25) is 14.5 Å². The molecule has 4 heteroatoms. The number of pyridine rings is 1. The summed E-state index contributed by atoms with van der Waals surface area (Å²) in [5.74, 6) is 0.0247. The van der Waals surface area contributed by atoms with Crippen LogP contribution in [0.25, 0.3) is 0 Å². The van der Waals surface area contributed by atoms with Crippen molar-refractivity contribution in [3.8, 4) is 0 Å². The van der Waals surface area contributed by atoms with Gasteiger partial charge >= 0.3 is 0 Å². The van der Waals surface area contributed by atoms with Crippen LogP contribution < -0.4 is 0 Å². The Morgan fingerprint density at radius 3 is 2.94 bits per heavy atom. The molecule has 4 nitrogen and oxygen atoms in total. The fourth-order valence-electron chi connectivity index (χ4n) is 1.53. The molecule has 82 valence electrons. The molecule has 2 aromatic rings. The molecule has 16 heavy (non-hydrogen) atoms. The SMILES string of the molecule is Cc1ccnc(C(=O)Cc2cnn(C)c2)c1. The van der Waals surface area contributed by atoms with E-state index in [2.05, 4.69) is 10.1 Å². The van der Waals surface area contributed by atoms with Crippen LogP contribution in [0, 0.1) is 6.92 Å². The first-order valence-corrected chi connectivity index (χ1v) is 5.08. The van der Waals surface area contributed by atoms with E-state index in [1.807, 2.05) is 26.2 Å². The second kappa shape index (κ2) is 4.26. The van der Waals surface area contributed by atoms with Gasteiger partial charge in [-0.25, -0.2) is 0 Å². The van der Waals surface area contributed by atoms with Crippen LogP contribution in [-0.2, 0) is 13.5 Å². The summed E-state index contributed by atoms with van der Waals surface area (Å²) < 4.78 is 1.69. The van der Waals surface area contributed by atoms with Gasteiger partial charge in [-0.15, -0.1) is 0 Å². The van der Waals surface area contributed by atoms with Crippen molar-refractivity contribution in [1.29, 1.82) is 0 Å². The maximum absolute atomic E-state index is 11.9. The largest absolute Gasteiger partial charge is 0.292 e. The third-order valence-electron chi connectivity index (χ3n) is 2.32. The van der Waals surface area contributed by atoms with Crippen LogP contribution in [0.3, 0.4) is 0 Å². The summed E-state index contributed by atoms with van der Waals surface area (Å²) in [4.78, 5) is 15.9. The van der Waals surface area contributed by atoms with E-state index in [0.717, 1.165) is 11.1 Å². The highest BCUT2D eigenvalue weighted by molar-refractivity contribution is 5.95.